The average molecular weight is 310 g/mol. The molecular weight excluding hydrogens is 292 g/mol. The van der Waals surface area contributed by atoms with Crippen molar-refractivity contribution < 1.29 is 18.0 Å². The van der Waals surface area contributed by atoms with E-state index in [0.717, 1.165) is 10.6 Å². The van der Waals surface area contributed by atoms with E-state index in [4.69, 9.17) is 4.84 Å². The highest BCUT2D eigenvalue weighted by Crippen LogP contribution is 2.24. The zero-order valence-electron chi connectivity index (χ0n) is 12.0. The van der Waals surface area contributed by atoms with Crippen molar-refractivity contribution >= 4 is 27.7 Å². The number of nitrogens with zero attached hydrogens (tertiary/aromatic N) is 2. The SMILES string of the molecule is CON(C)C(=O)/C=C/c1ccc(N2CCCS2(=O)=O)cc1. The molecule has 0 saturated carbocycles. The molecule has 2 rings (SSSR count). The number of hydrogen-bond donors (Lipinski definition) is 0. The number of carbonyl (C=O) groups is 1. The Balaban J connectivity index is 2.09. The first-order valence-corrected chi connectivity index (χ1v) is 8.15. The van der Waals surface area contributed by atoms with Crippen LogP contribution >= 0.6 is 0 Å². The van der Waals surface area contributed by atoms with Crippen molar-refractivity contribution in [1.82, 2.24) is 5.06 Å². The Morgan fingerprint density at radius 2 is 2.00 bits per heavy atom. The molecule has 0 atom stereocenters. The van der Waals surface area contributed by atoms with Crippen LogP contribution in [-0.2, 0) is 19.7 Å². The van der Waals surface area contributed by atoms with E-state index in [-0.39, 0.29) is 11.7 Å². The third-order valence-corrected chi connectivity index (χ3v) is 5.15. The third-order valence-electron chi connectivity index (χ3n) is 3.28. The fourth-order valence-electron chi connectivity index (χ4n) is 2.04. The van der Waals surface area contributed by atoms with Crippen LogP contribution in [0.1, 0.15) is 12.0 Å². The lowest BCUT2D eigenvalue weighted by molar-refractivity contribution is -0.162. The number of hydrogen-bond acceptors (Lipinski definition) is 4. The van der Waals surface area contributed by atoms with Crippen LogP contribution in [0.25, 0.3) is 6.08 Å². The summed E-state index contributed by atoms with van der Waals surface area (Å²) < 4.78 is 25.1. The molecule has 0 bridgehead atoms. The summed E-state index contributed by atoms with van der Waals surface area (Å²) in [6, 6.07) is 7.04. The summed E-state index contributed by atoms with van der Waals surface area (Å²) in [6.45, 7) is 0.522. The number of hydroxylamine groups is 2. The molecule has 1 aromatic carbocycles. The van der Waals surface area contributed by atoms with Crippen molar-refractivity contribution in [3.8, 4) is 0 Å². The molecule has 0 aromatic heterocycles. The lowest BCUT2D eigenvalue weighted by Gasteiger charge is -2.16. The van der Waals surface area contributed by atoms with Gasteiger partial charge in [0, 0.05) is 19.7 Å². The first-order valence-electron chi connectivity index (χ1n) is 6.54. The molecule has 1 heterocycles. The average Bonchev–Trinajstić information content (AvgIpc) is 2.84. The molecule has 1 aliphatic heterocycles. The van der Waals surface area contributed by atoms with Gasteiger partial charge in [-0.25, -0.2) is 13.5 Å². The molecule has 1 saturated heterocycles. The molecule has 7 heteroatoms. The molecule has 0 spiro atoms. The quantitative estimate of drug-likeness (QED) is 0.620. The van der Waals surface area contributed by atoms with Gasteiger partial charge in [-0.1, -0.05) is 12.1 Å². The second kappa shape index (κ2) is 6.28. The Hall–Kier alpha value is -1.86. The normalized spacial score (nSPS) is 17.3. The minimum Gasteiger partial charge on any atom is -0.274 e. The predicted octanol–water partition coefficient (Wildman–Crippen LogP) is 1.26. The summed E-state index contributed by atoms with van der Waals surface area (Å²) >= 11 is 0. The number of sulfonamides is 1. The van der Waals surface area contributed by atoms with Crippen molar-refractivity contribution in [3.63, 3.8) is 0 Å². The lowest BCUT2D eigenvalue weighted by Crippen LogP contribution is -2.24. The van der Waals surface area contributed by atoms with Crippen molar-refractivity contribution in [2.24, 2.45) is 0 Å². The predicted molar refractivity (Wildman–Crippen MR) is 81.0 cm³/mol. The maximum absolute atomic E-state index is 11.8. The highest BCUT2D eigenvalue weighted by molar-refractivity contribution is 7.93. The summed E-state index contributed by atoms with van der Waals surface area (Å²) in [5.41, 5.74) is 1.47. The topological polar surface area (TPSA) is 66.9 Å². The van der Waals surface area contributed by atoms with Crippen LogP contribution in [0.4, 0.5) is 5.69 Å². The number of rotatable bonds is 4. The third kappa shape index (κ3) is 3.62. The highest BCUT2D eigenvalue weighted by atomic mass is 32.2. The first-order chi connectivity index (χ1) is 9.94. The van der Waals surface area contributed by atoms with Crippen LogP contribution in [0.5, 0.6) is 0 Å². The maximum atomic E-state index is 11.8. The van der Waals surface area contributed by atoms with E-state index in [1.165, 1.54) is 24.5 Å². The van der Waals surface area contributed by atoms with Gasteiger partial charge in [-0.3, -0.25) is 13.9 Å². The lowest BCUT2D eigenvalue weighted by atomic mass is 10.2. The van der Waals surface area contributed by atoms with Crippen molar-refractivity contribution in [1.29, 1.82) is 0 Å². The molecule has 0 aliphatic carbocycles. The summed E-state index contributed by atoms with van der Waals surface area (Å²) in [6.07, 6.45) is 3.70. The summed E-state index contributed by atoms with van der Waals surface area (Å²) in [5, 5.41) is 1.11. The summed E-state index contributed by atoms with van der Waals surface area (Å²) in [7, 11) is -0.220. The molecule has 114 valence electrons. The van der Waals surface area contributed by atoms with E-state index >= 15 is 0 Å². The number of carbonyl (C=O) groups excluding carboxylic acids is 1. The Morgan fingerprint density at radius 3 is 2.52 bits per heavy atom. The van der Waals surface area contributed by atoms with Gasteiger partial charge < -0.3 is 0 Å². The monoisotopic (exact) mass is 310 g/mol. The van der Waals surface area contributed by atoms with Crippen molar-refractivity contribution in [2.45, 2.75) is 6.42 Å². The number of likely N-dealkylation sites (N-methyl/N-ethyl adjacent to an activating group) is 1. The molecule has 0 radical (unpaired) electrons. The van der Waals surface area contributed by atoms with Gasteiger partial charge in [0.1, 0.15) is 0 Å². The Labute approximate surface area is 124 Å². The largest absolute Gasteiger partial charge is 0.274 e. The van der Waals surface area contributed by atoms with Gasteiger partial charge >= 0.3 is 0 Å². The van der Waals surface area contributed by atoms with E-state index in [0.29, 0.717) is 18.7 Å². The van der Waals surface area contributed by atoms with E-state index in [1.807, 2.05) is 0 Å². The summed E-state index contributed by atoms with van der Waals surface area (Å²) in [5.74, 6) is -0.0735. The van der Waals surface area contributed by atoms with Gasteiger partial charge in [0.05, 0.1) is 18.6 Å². The van der Waals surface area contributed by atoms with Gasteiger partial charge in [0.15, 0.2) is 0 Å². The fraction of sp³-hybridized carbons (Fsp3) is 0.357. The Morgan fingerprint density at radius 1 is 1.33 bits per heavy atom. The van der Waals surface area contributed by atoms with Crippen molar-refractivity contribution in [2.75, 3.05) is 30.8 Å². The van der Waals surface area contributed by atoms with Crippen LogP contribution in [0.15, 0.2) is 30.3 Å². The minimum atomic E-state index is -3.16. The van der Waals surface area contributed by atoms with Crippen LogP contribution in [0.3, 0.4) is 0 Å². The van der Waals surface area contributed by atoms with E-state index in [2.05, 4.69) is 0 Å². The van der Waals surface area contributed by atoms with Crippen LogP contribution in [0, 0.1) is 0 Å². The van der Waals surface area contributed by atoms with Crippen molar-refractivity contribution in [3.05, 3.63) is 35.9 Å². The number of amides is 1. The number of benzene rings is 1. The zero-order valence-corrected chi connectivity index (χ0v) is 12.8. The minimum absolute atomic E-state index is 0.201. The van der Waals surface area contributed by atoms with E-state index in [1.54, 1.807) is 30.3 Å². The van der Waals surface area contributed by atoms with Gasteiger partial charge in [-0.05, 0) is 30.2 Å². The molecule has 1 fully saturated rings. The molecule has 0 N–H and O–H groups in total. The van der Waals surface area contributed by atoms with Gasteiger partial charge in [-0.15, -0.1) is 0 Å². The fourth-order valence-corrected chi connectivity index (χ4v) is 3.61. The van der Waals surface area contributed by atoms with Gasteiger partial charge in [-0.2, -0.15) is 0 Å². The van der Waals surface area contributed by atoms with Crippen LogP contribution in [0.2, 0.25) is 0 Å². The molecule has 6 nitrogen and oxygen atoms in total. The molecule has 21 heavy (non-hydrogen) atoms. The molecule has 0 unspecified atom stereocenters. The standard InChI is InChI=1S/C14H18N2O4S/c1-15(20-2)14(17)9-6-12-4-7-13(8-5-12)16-10-3-11-21(16,18)19/h4-9H,3,10-11H2,1-2H3/b9-6+. The van der Waals surface area contributed by atoms with E-state index in [9.17, 15) is 13.2 Å². The molecule has 1 aromatic rings. The van der Waals surface area contributed by atoms with Crippen LogP contribution in [-0.4, -0.2) is 45.8 Å². The maximum Gasteiger partial charge on any atom is 0.269 e. The second-order valence-electron chi connectivity index (χ2n) is 4.68. The van der Waals surface area contributed by atoms with Crippen LogP contribution < -0.4 is 4.31 Å². The molecule has 1 aliphatic rings. The summed E-state index contributed by atoms with van der Waals surface area (Å²) in [4.78, 5) is 16.3. The highest BCUT2D eigenvalue weighted by Gasteiger charge is 2.28. The Bertz CT molecular complexity index is 637. The van der Waals surface area contributed by atoms with Gasteiger partial charge in [0.25, 0.3) is 5.91 Å². The smallest absolute Gasteiger partial charge is 0.269 e. The zero-order chi connectivity index (χ0) is 15.5. The number of anilines is 1. The second-order valence-corrected chi connectivity index (χ2v) is 6.70. The molecular formula is C14H18N2O4S. The Kier molecular flexibility index (Phi) is 4.64. The first kappa shape index (κ1) is 15.5. The molecule has 1 amide bonds. The van der Waals surface area contributed by atoms with E-state index < -0.39 is 10.0 Å². The van der Waals surface area contributed by atoms with Gasteiger partial charge in [0.2, 0.25) is 10.0 Å².